The molecular weight excluding hydrogens is 559 g/mol. The van der Waals surface area contributed by atoms with Crippen LogP contribution in [-0.2, 0) is 20.2 Å². The van der Waals surface area contributed by atoms with Gasteiger partial charge in [-0.25, -0.2) is 0 Å². The van der Waals surface area contributed by atoms with Crippen molar-refractivity contribution in [2.45, 2.75) is 9.79 Å². The molecule has 0 spiro atoms. The number of hydrogen-bond donors (Lipinski definition) is 4. The fraction of sp³-hybridized carbons (Fsp3) is 0. The lowest BCUT2D eigenvalue weighted by Crippen LogP contribution is -2.01. The summed E-state index contributed by atoms with van der Waals surface area (Å²) in [7, 11) is -9.62. The molecule has 4 N–H and O–H groups in total. The molecule has 0 atom stereocenters. The van der Waals surface area contributed by atoms with E-state index in [1.807, 2.05) is 0 Å². The SMILES string of the molecule is O=S(=O)(O)c1ccccc1N=Nc1c(S(=O)(=O)O)cc2cc(Nc3nc(Cl)nc(Cl)n3)ccc2c1O. The quantitative estimate of drug-likeness (QED) is 0.185. The van der Waals surface area contributed by atoms with Crippen LogP contribution >= 0.6 is 23.2 Å². The molecule has 0 amide bonds. The molecule has 1 aromatic heterocycles. The van der Waals surface area contributed by atoms with Crippen molar-refractivity contribution >= 4 is 77.2 Å². The summed E-state index contributed by atoms with van der Waals surface area (Å²) in [6.07, 6.45) is 0. The largest absolute Gasteiger partial charge is 0.505 e. The third-order valence-corrected chi connectivity index (χ3v) is 6.67. The molecular formula is C19H12Cl2N6O7S2. The first-order valence-electron chi connectivity index (χ1n) is 9.42. The molecule has 0 saturated heterocycles. The van der Waals surface area contributed by atoms with Gasteiger partial charge in [0.1, 0.15) is 21.2 Å². The Labute approximate surface area is 213 Å². The van der Waals surface area contributed by atoms with E-state index in [0.717, 1.165) is 12.1 Å². The van der Waals surface area contributed by atoms with Crippen molar-refractivity contribution in [3.05, 3.63) is 59.1 Å². The van der Waals surface area contributed by atoms with Gasteiger partial charge in [0.25, 0.3) is 20.2 Å². The van der Waals surface area contributed by atoms with Crippen molar-refractivity contribution in [2.75, 3.05) is 5.32 Å². The highest BCUT2D eigenvalue weighted by Gasteiger charge is 2.23. The van der Waals surface area contributed by atoms with Crippen LogP contribution in [0.2, 0.25) is 10.6 Å². The average Bonchev–Trinajstić information content (AvgIpc) is 2.76. The van der Waals surface area contributed by atoms with E-state index < -0.39 is 41.5 Å². The lowest BCUT2D eigenvalue weighted by molar-refractivity contribution is 0.472. The highest BCUT2D eigenvalue weighted by Crippen LogP contribution is 2.42. The minimum atomic E-state index is -4.94. The Balaban J connectivity index is 1.84. The lowest BCUT2D eigenvalue weighted by Gasteiger charge is -2.11. The summed E-state index contributed by atoms with van der Waals surface area (Å²) < 4.78 is 66.4. The number of halogens is 2. The molecule has 0 radical (unpaired) electrons. The summed E-state index contributed by atoms with van der Waals surface area (Å²) in [5.41, 5.74) is -0.667. The monoisotopic (exact) mass is 570 g/mol. The minimum Gasteiger partial charge on any atom is -0.505 e. The van der Waals surface area contributed by atoms with Gasteiger partial charge in [-0.15, -0.1) is 10.2 Å². The van der Waals surface area contributed by atoms with Gasteiger partial charge >= 0.3 is 0 Å². The van der Waals surface area contributed by atoms with E-state index in [1.165, 1.54) is 36.4 Å². The van der Waals surface area contributed by atoms with Crippen molar-refractivity contribution in [1.29, 1.82) is 0 Å². The van der Waals surface area contributed by atoms with Crippen LogP contribution in [0.4, 0.5) is 23.0 Å². The topological polar surface area (TPSA) is 204 Å². The summed E-state index contributed by atoms with van der Waals surface area (Å²) in [5, 5.41) is 20.8. The molecule has 36 heavy (non-hydrogen) atoms. The first kappa shape index (κ1) is 25.6. The molecule has 1 heterocycles. The fourth-order valence-electron chi connectivity index (χ4n) is 3.10. The van der Waals surface area contributed by atoms with Crippen LogP contribution in [0, 0.1) is 0 Å². The number of phenolic OH excluding ortho intramolecular Hbond substituents is 1. The van der Waals surface area contributed by atoms with E-state index in [1.54, 1.807) is 0 Å². The summed E-state index contributed by atoms with van der Waals surface area (Å²) in [6.45, 7) is 0. The maximum atomic E-state index is 12.1. The Kier molecular flexibility index (Phi) is 6.78. The zero-order valence-corrected chi connectivity index (χ0v) is 20.5. The predicted octanol–water partition coefficient (Wildman–Crippen LogP) is 4.69. The zero-order chi connectivity index (χ0) is 26.3. The highest BCUT2D eigenvalue weighted by atomic mass is 35.5. The number of aromatic nitrogens is 3. The Bertz CT molecular complexity index is 1750. The number of phenols is 1. The fourth-order valence-corrected chi connectivity index (χ4v) is 4.74. The standard InChI is InChI=1S/C19H12Cl2N6O7S2/c20-17-23-18(21)25-19(24-17)22-10-5-6-11-9(7-10)8-14(36(32,33)34)15(16(11)28)27-26-12-3-1-2-4-13(12)35(29,30)31/h1-8,28H,(H,29,30,31)(H,32,33,34)(H,22,23,24,25). The molecule has 17 heteroatoms. The summed E-state index contributed by atoms with van der Waals surface area (Å²) in [5.74, 6) is -0.687. The van der Waals surface area contributed by atoms with Crippen molar-refractivity contribution in [3.8, 4) is 5.75 Å². The van der Waals surface area contributed by atoms with Crippen LogP contribution in [-0.4, -0.2) is 46.0 Å². The van der Waals surface area contributed by atoms with Gasteiger partial charge in [-0.05, 0) is 65.0 Å². The number of azo groups is 1. The summed E-state index contributed by atoms with van der Waals surface area (Å²) in [4.78, 5) is 9.90. The molecule has 4 rings (SSSR count). The molecule has 186 valence electrons. The van der Waals surface area contributed by atoms with E-state index >= 15 is 0 Å². The Morgan fingerprint density at radius 1 is 0.806 bits per heavy atom. The summed E-state index contributed by atoms with van der Waals surface area (Å²) >= 11 is 11.5. The number of benzene rings is 3. The number of aromatic hydroxyl groups is 1. The normalized spacial score (nSPS) is 12.3. The van der Waals surface area contributed by atoms with Crippen LogP contribution in [0.1, 0.15) is 0 Å². The van der Waals surface area contributed by atoms with Crippen LogP contribution in [0.25, 0.3) is 10.8 Å². The van der Waals surface area contributed by atoms with Gasteiger partial charge in [0, 0.05) is 11.1 Å². The molecule has 0 aliphatic heterocycles. The van der Waals surface area contributed by atoms with Gasteiger partial charge < -0.3 is 10.4 Å². The van der Waals surface area contributed by atoms with E-state index in [9.17, 15) is 31.0 Å². The van der Waals surface area contributed by atoms with Crippen molar-refractivity contribution in [2.24, 2.45) is 10.2 Å². The van der Waals surface area contributed by atoms with Gasteiger partial charge in [-0.1, -0.05) is 12.1 Å². The third kappa shape index (κ3) is 5.51. The molecule has 0 aliphatic rings. The van der Waals surface area contributed by atoms with Crippen LogP contribution in [0.3, 0.4) is 0 Å². The average molecular weight is 571 g/mol. The molecule has 0 unspecified atom stereocenters. The summed E-state index contributed by atoms with van der Waals surface area (Å²) in [6, 6.07) is 10.3. The van der Waals surface area contributed by atoms with Crippen molar-refractivity contribution in [3.63, 3.8) is 0 Å². The Hall–Kier alpha value is -3.47. The molecule has 3 aromatic carbocycles. The smallest absolute Gasteiger partial charge is 0.296 e. The maximum Gasteiger partial charge on any atom is 0.296 e. The van der Waals surface area contributed by atoms with Gasteiger partial charge in [0.2, 0.25) is 16.5 Å². The van der Waals surface area contributed by atoms with Crippen LogP contribution in [0.15, 0.2) is 68.6 Å². The highest BCUT2D eigenvalue weighted by molar-refractivity contribution is 7.86. The predicted molar refractivity (Wildman–Crippen MR) is 129 cm³/mol. The molecule has 4 aromatic rings. The second kappa shape index (κ2) is 9.53. The Morgan fingerprint density at radius 3 is 2.08 bits per heavy atom. The van der Waals surface area contributed by atoms with Crippen molar-refractivity contribution in [1.82, 2.24) is 15.0 Å². The van der Waals surface area contributed by atoms with Crippen LogP contribution in [0.5, 0.6) is 5.75 Å². The van der Waals surface area contributed by atoms with E-state index in [-0.39, 0.29) is 33.0 Å². The first-order valence-corrected chi connectivity index (χ1v) is 13.1. The number of anilines is 2. The van der Waals surface area contributed by atoms with Gasteiger partial charge in [0.15, 0.2) is 5.75 Å². The van der Waals surface area contributed by atoms with Gasteiger partial charge in [-0.2, -0.15) is 31.8 Å². The number of rotatable bonds is 6. The third-order valence-electron chi connectivity index (χ3n) is 4.57. The molecule has 0 bridgehead atoms. The maximum absolute atomic E-state index is 12.1. The van der Waals surface area contributed by atoms with Crippen LogP contribution < -0.4 is 5.32 Å². The van der Waals surface area contributed by atoms with Gasteiger partial charge in [0.05, 0.1) is 0 Å². The minimum absolute atomic E-state index is 0.0125. The van der Waals surface area contributed by atoms with Gasteiger partial charge in [-0.3, -0.25) is 9.11 Å². The second-order valence-electron chi connectivity index (χ2n) is 6.95. The van der Waals surface area contributed by atoms with E-state index in [4.69, 9.17) is 23.2 Å². The molecule has 0 fully saturated rings. The van der Waals surface area contributed by atoms with Crippen molar-refractivity contribution < 1.29 is 31.0 Å². The zero-order valence-electron chi connectivity index (χ0n) is 17.4. The number of nitrogens with zero attached hydrogens (tertiary/aromatic N) is 5. The number of fused-ring (bicyclic) bond motifs is 1. The lowest BCUT2D eigenvalue weighted by atomic mass is 10.1. The number of hydrogen-bond acceptors (Lipinski definition) is 11. The first-order chi connectivity index (χ1) is 16.8. The number of nitrogens with one attached hydrogen (secondary N) is 1. The second-order valence-corrected chi connectivity index (χ2v) is 10.4. The molecule has 13 nitrogen and oxygen atoms in total. The molecule has 0 aliphatic carbocycles. The van der Waals surface area contributed by atoms with E-state index in [0.29, 0.717) is 5.69 Å². The Morgan fingerprint density at radius 2 is 1.44 bits per heavy atom. The van der Waals surface area contributed by atoms with E-state index in [2.05, 4.69) is 30.5 Å². The molecule has 0 saturated carbocycles.